The van der Waals surface area contributed by atoms with Gasteiger partial charge < -0.3 is 0 Å². The first-order chi connectivity index (χ1) is 4.75. The average Bonchev–Trinajstić information content (AvgIpc) is 1.88. The van der Waals surface area contributed by atoms with Crippen molar-refractivity contribution in [3.63, 3.8) is 0 Å². The lowest BCUT2D eigenvalue weighted by Crippen LogP contribution is -1.89. The molecule has 0 aliphatic rings. The molecule has 0 fully saturated rings. The first-order valence-electron chi connectivity index (χ1n) is 2.37. The van der Waals surface area contributed by atoms with E-state index in [1.54, 1.807) is 0 Å². The summed E-state index contributed by atoms with van der Waals surface area (Å²) in [5.74, 6) is 0. The third-order valence-electron chi connectivity index (χ3n) is 0.905. The second-order valence-corrected chi connectivity index (χ2v) is 2.20. The Kier molecular flexibility index (Phi) is 4.50. The second kappa shape index (κ2) is 4.60. The van der Waals surface area contributed by atoms with Crippen molar-refractivity contribution in [2.75, 3.05) is 0 Å². The molecule has 0 aliphatic carbocycles. The minimum Gasteiger partial charge on any atom is -0.298 e. The molecule has 60 valence electrons. The van der Waals surface area contributed by atoms with Crippen LogP contribution in [0.3, 0.4) is 0 Å². The molecule has 0 radical (unpaired) electrons. The van der Waals surface area contributed by atoms with Crippen molar-refractivity contribution in [1.82, 2.24) is 9.97 Å². The van der Waals surface area contributed by atoms with Gasteiger partial charge in [-0.3, -0.25) is 4.79 Å². The second-order valence-electron chi connectivity index (χ2n) is 1.49. The SMILES string of the molecule is O=Cc1c(Cl)ncnc1Cl.P. The third-order valence-corrected chi connectivity index (χ3v) is 1.51. The van der Waals surface area contributed by atoms with Crippen molar-refractivity contribution >= 4 is 39.4 Å². The molecule has 0 N–H and O–H groups in total. The van der Waals surface area contributed by atoms with Gasteiger partial charge in [-0.15, -0.1) is 0 Å². The van der Waals surface area contributed by atoms with E-state index in [1.165, 1.54) is 6.33 Å². The molecule has 0 spiro atoms. The van der Waals surface area contributed by atoms with Crippen molar-refractivity contribution < 1.29 is 4.79 Å². The number of rotatable bonds is 1. The van der Waals surface area contributed by atoms with E-state index in [-0.39, 0.29) is 25.8 Å². The molecule has 0 bridgehead atoms. The summed E-state index contributed by atoms with van der Waals surface area (Å²) in [6.45, 7) is 0. The van der Waals surface area contributed by atoms with Crippen LogP contribution in [-0.2, 0) is 0 Å². The fourth-order valence-corrected chi connectivity index (χ4v) is 0.855. The fraction of sp³-hybridized carbons (Fsp3) is 0. The molecule has 0 amide bonds. The minimum absolute atomic E-state index is 0. The summed E-state index contributed by atoms with van der Waals surface area (Å²) < 4.78 is 0. The van der Waals surface area contributed by atoms with Crippen LogP contribution in [0.25, 0.3) is 0 Å². The summed E-state index contributed by atoms with van der Waals surface area (Å²) in [4.78, 5) is 17.3. The number of carbonyl (C=O) groups excluding carboxylic acids is 1. The summed E-state index contributed by atoms with van der Waals surface area (Å²) in [6, 6.07) is 0. The van der Waals surface area contributed by atoms with Gasteiger partial charge in [-0.25, -0.2) is 9.97 Å². The Morgan fingerprint density at radius 3 is 2.00 bits per heavy atom. The highest BCUT2D eigenvalue weighted by Crippen LogP contribution is 2.16. The average molecular weight is 211 g/mol. The van der Waals surface area contributed by atoms with Crippen LogP contribution in [0.5, 0.6) is 0 Å². The van der Waals surface area contributed by atoms with Crippen molar-refractivity contribution in [2.24, 2.45) is 0 Å². The van der Waals surface area contributed by atoms with Crippen LogP contribution in [0.15, 0.2) is 6.33 Å². The Bertz CT molecular complexity index is 248. The quantitative estimate of drug-likeness (QED) is 0.403. The largest absolute Gasteiger partial charge is 0.298 e. The van der Waals surface area contributed by atoms with E-state index in [2.05, 4.69) is 9.97 Å². The van der Waals surface area contributed by atoms with E-state index >= 15 is 0 Å². The van der Waals surface area contributed by atoms with Gasteiger partial charge in [0.1, 0.15) is 16.6 Å². The van der Waals surface area contributed by atoms with Crippen LogP contribution in [0.1, 0.15) is 10.4 Å². The topological polar surface area (TPSA) is 42.9 Å². The normalized spacial score (nSPS) is 8.55. The summed E-state index contributed by atoms with van der Waals surface area (Å²) in [7, 11) is 0. The highest BCUT2D eigenvalue weighted by atomic mass is 35.5. The molecule has 1 rings (SSSR count). The van der Waals surface area contributed by atoms with Gasteiger partial charge in [0, 0.05) is 0 Å². The summed E-state index contributed by atoms with van der Waals surface area (Å²) in [5.41, 5.74) is 0.130. The zero-order valence-electron chi connectivity index (χ0n) is 5.42. The summed E-state index contributed by atoms with van der Waals surface area (Å²) in [5, 5.41) is 0.157. The van der Waals surface area contributed by atoms with Gasteiger partial charge in [-0.05, 0) is 0 Å². The lowest BCUT2D eigenvalue weighted by atomic mass is 10.4. The van der Waals surface area contributed by atoms with Gasteiger partial charge in [0.15, 0.2) is 6.29 Å². The smallest absolute Gasteiger partial charge is 0.156 e. The molecule has 0 saturated heterocycles. The monoisotopic (exact) mass is 210 g/mol. The van der Waals surface area contributed by atoms with Crippen LogP contribution in [0, 0.1) is 0 Å². The molecule has 1 atom stereocenters. The number of hydrogen-bond acceptors (Lipinski definition) is 3. The van der Waals surface area contributed by atoms with E-state index < -0.39 is 0 Å². The summed E-state index contributed by atoms with van der Waals surface area (Å²) >= 11 is 10.9. The van der Waals surface area contributed by atoms with Crippen molar-refractivity contribution in [3.8, 4) is 0 Å². The number of halogens is 2. The van der Waals surface area contributed by atoms with Crippen molar-refractivity contribution in [1.29, 1.82) is 0 Å². The Morgan fingerprint density at radius 1 is 1.27 bits per heavy atom. The highest BCUT2D eigenvalue weighted by molar-refractivity contribution is 6.92. The van der Waals surface area contributed by atoms with Gasteiger partial charge in [0.2, 0.25) is 0 Å². The molecule has 3 nitrogen and oxygen atoms in total. The van der Waals surface area contributed by atoms with E-state index in [9.17, 15) is 4.79 Å². The molecule has 0 aromatic carbocycles. The molecule has 6 heteroatoms. The molecule has 1 heterocycles. The fourth-order valence-electron chi connectivity index (χ4n) is 0.452. The van der Waals surface area contributed by atoms with Gasteiger partial charge in [-0.1, -0.05) is 23.2 Å². The lowest BCUT2D eigenvalue weighted by Gasteiger charge is -1.93. The maximum Gasteiger partial charge on any atom is 0.156 e. The van der Waals surface area contributed by atoms with E-state index in [0.717, 1.165) is 0 Å². The Morgan fingerprint density at radius 2 is 1.73 bits per heavy atom. The molecule has 11 heavy (non-hydrogen) atoms. The molecule has 0 aliphatic heterocycles. The molecule has 0 saturated carbocycles. The van der Waals surface area contributed by atoms with Crippen molar-refractivity contribution in [2.45, 2.75) is 0 Å². The number of hydrogen-bond donors (Lipinski definition) is 0. The zero-order valence-corrected chi connectivity index (χ0v) is 8.35. The third kappa shape index (κ3) is 2.37. The Labute approximate surface area is 76.8 Å². The number of aldehydes is 1. The Balaban J connectivity index is 0.000001000. The maximum absolute atomic E-state index is 10.2. The zero-order chi connectivity index (χ0) is 7.56. The van der Waals surface area contributed by atoms with Gasteiger partial charge in [0.05, 0.1) is 5.56 Å². The first kappa shape index (κ1) is 10.8. The highest BCUT2D eigenvalue weighted by Gasteiger charge is 2.04. The Hall–Kier alpha value is -0.240. The molecular weight excluding hydrogens is 206 g/mol. The van der Waals surface area contributed by atoms with Crippen LogP contribution >= 0.6 is 33.1 Å². The predicted octanol–water partition coefficient (Wildman–Crippen LogP) is 1.65. The molecule has 1 aromatic rings. The standard InChI is InChI=1S/C5H2Cl2N2O.H3P/c6-4-3(1-10)5(7)9-2-8-4;/h1-2H;1H3. The van der Waals surface area contributed by atoms with Crippen LogP contribution in [0.2, 0.25) is 10.3 Å². The summed E-state index contributed by atoms with van der Waals surface area (Å²) in [6.07, 6.45) is 1.71. The van der Waals surface area contributed by atoms with E-state index in [4.69, 9.17) is 23.2 Å². The van der Waals surface area contributed by atoms with Crippen molar-refractivity contribution in [3.05, 3.63) is 22.2 Å². The van der Waals surface area contributed by atoms with E-state index in [0.29, 0.717) is 6.29 Å². The van der Waals surface area contributed by atoms with Crippen LogP contribution in [0.4, 0.5) is 0 Å². The maximum atomic E-state index is 10.2. The lowest BCUT2D eigenvalue weighted by molar-refractivity contribution is 0.112. The van der Waals surface area contributed by atoms with Gasteiger partial charge in [0.25, 0.3) is 0 Å². The first-order valence-corrected chi connectivity index (χ1v) is 3.12. The minimum atomic E-state index is 0. The van der Waals surface area contributed by atoms with Gasteiger partial charge >= 0.3 is 0 Å². The van der Waals surface area contributed by atoms with Crippen LogP contribution < -0.4 is 0 Å². The molecular formula is C5H5Cl2N2OP. The number of nitrogens with zero attached hydrogens (tertiary/aromatic N) is 2. The number of aromatic nitrogens is 2. The molecule has 1 aromatic heterocycles. The van der Waals surface area contributed by atoms with E-state index in [1.807, 2.05) is 0 Å². The van der Waals surface area contributed by atoms with Crippen LogP contribution in [-0.4, -0.2) is 16.3 Å². The molecule has 1 unspecified atom stereocenters. The number of carbonyl (C=O) groups is 1. The predicted molar refractivity (Wildman–Crippen MR) is 48.5 cm³/mol. The van der Waals surface area contributed by atoms with Gasteiger partial charge in [-0.2, -0.15) is 9.90 Å².